The molecule has 0 aliphatic heterocycles. The van der Waals surface area contributed by atoms with Crippen LogP contribution in [0.25, 0.3) is 0 Å². The zero-order valence-electron chi connectivity index (χ0n) is 12.9. The zero-order valence-corrected chi connectivity index (χ0v) is 13.7. The van der Waals surface area contributed by atoms with Gasteiger partial charge in [-0.3, -0.25) is 9.59 Å². The fraction of sp³-hybridized carbons (Fsp3) is 0.500. The van der Waals surface area contributed by atoms with E-state index in [0.29, 0.717) is 15.4 Å². The number of hydrogen-bond acceptors (Lipinski definition) is 6. The van der Waals surface area contributed by atoms with Gasteiger partial charge in [0.25, 0.3) is 0 Å². The van der Waals surface area contributed by atoms with Crippen LogP contribution in [0.2, 0.25) is 0 Å². The lowest BCUT2D eigenvalue weighted by Crippen LogP contribution is -2.27. The van der Waals surface area contributed by atoms with Gasteiger partial charge in [-0.25, -0.2) is 4.79 Å². The highest BCUT2D eigenvalue weighted by atomic mass is 32.1. The van der Waals surface area contributed by atoms with Crippen molar-refractivity contribution < 1.29 is 19.1 Å². The van der Waals surface area contributed by atoms with Crippen LogP contribution < -0.4 is 5.32 Å². The summed E-state index contributed by atoms with van der Waals surface area (Å²) in [6.07, 6.45) is 0. The second kappa shape index (κ2) is 7.33. The van der Waals surface area contributed by atoms with Gasteiger partial charge in [0.1, 0.15) is 5.00 Å². The van der Waals surface area contributed by atoms with Crippen molar-refractivity contribution in [3.8, 4) is 0 Å². The summed E-state index contributed by atoms with van der Waals surface area (Å²) in [6, 6.07) is 0. The summed E-state index contributed by atoms with van der Waals surface area (Å²) < 4.78 is 5.00. The Balaban J connectivity index is 3.17. The number of rotatable bonds is 6. The molecule has 7 heteroatoms. The number of likely N-dealkylation sites (N-methyl/N-ethyl adjacent to an activating group) is 1. The quantitative estimate of drug-likeness (QED) is 0.642. The van der Waals surface area contributed by atoms with Crippen LogP contribution in [0.15, 0.2) is 0 Å². The first-order valence-corrected chi connectivity index (χ1v) is 7.35. The highest BCUT2D eigenvalue weighted by molar-refractivity contribution is 7.18. The molecular weight excluding hydrogens is 292 g/mol. The zero-order chi connectivity index (χ0) is 16.2. The van der Waals surface area contributed by atoms with E-state index in [9.17, 15) is 14.4 Å². The fourth-order valence-electron chi connectivity index (χ4n) is 1.84. The molecular formula is C14H20N2O4S. The SMILES string of the molecule is CCOC(=O)c1c(NC(=O)CN(C)C)sc(C(C)=O)c1C. The summed E-state index contributed by atoms with van der Waals surface area (Å²) in [5.74, 6) is -0.919. The van der Waals surface area contributed by atoms with Crippen molar-refractivity contribution in [2.24, 2.45) is 0 Å². The van der Waals surface area contributed by atoms with Crippen molar-refractivity contribution in [3.63, 3.8) is 0 Å². The van der Waals surface area contributed by atoms with Gasteiger partial charge < -0.3 is 15.0 Å². The predicted octanol–water partition coefficient (Wildman–Crippen LogP) is 1.94. The minimum absolute atomic E-state index is 0.142. The molecule has 0 aliphatic rings. The molecule has 0 aromatic carbocycles. The van der Waals surface area contributed by atoms with Crippen LogP contribution in [-0.2, 0) is 9.53 Å². The van der Waals surface area contributed by atoms with Gasteiger partial charge >= 0.3 is 5.97 Å². The number of nitrogens with zero attached hydrogens (tertiary/aromatic N) is 1. The molecule has 0 saturated heterocycles. The standard InChI is InChI=1S/C14H20N2O4S/c1-6-20-14(19)11-8(2)12(9(3)17)21-13(11)15-10(18)7-16(4)5/h6-7H2,1-5H3,(H,15,18). The smallest absolute Gasteiger partial charge is 0.341 e. The van der Waals surface area contributed by atoms with Crippen LogP contribution in [0, 0.1) is 6.92 Å². The van der Waals surface area contributed by atoms with Gasteiger partial charge in [-0.15, -0.1) is 11.3 Å². The number of nitrogens with one attached hydrogen (secondary N) is 1. The van der Waals surface area contributed by atoms with E-state index in [1.54, 1.807) is 32.8 Å². The largest absolute Gasteiger partial charge is 0.462 e. The van der Waals surface area contributed by atoms with E-state index >= 15 is 0 Å². The molecule has 0 aliphatic carbocycles. The predicted molar refractivity (Wildman–Crippen MR) is 82.2 cm³/mol. The van der Waals surface area contributed by atoms with Crippen molar-refractivity contribution >= 4 is 34.0 Å². The summed E-state index contributed by atoms with van der Waals surface area (Å²) in [5, 5.41) is 3.05. The van der Waals surface area contributed by atoms with Crippen molar-refractivity contribution in [1.29, 1.82) is 0 Å². The van der Waals surface area contributed by atoms with Gasteiger partial charge in [0, 0.05) is 0 Å². The van der Waals surface area contributed by atoms with E-state index in [1.165, 1.54) is 6.92 Å². The van der Waals surface area contributed by atoms with E-state index in [0.717, 1.165) is 11.3 Å². The molecule has 1 amide bonds. The van der Waals surface area contributed by atoms with Crippen LogP contribution in [0.5, 0.6) is 0 Å². The van der Waals surface area contributed by atoms with Crippen LogP contribution in [0.3, 0.4) is 0 Å². The Kier molecular flexibility index (Phi) is 6.04. The maximum absolute atomic E-state index is 12.0. The highest BCUT2D eigenvalue weighted by Crippen LogP contribution is 2.34. The molecule has 1 aromatic rings. The molecule has 1 rings (SSSR count). The van der Waals surface area contributed by atoms with E-state index in [4.69, 9.17) is 4.74 Å². The maximum atomic E-state index is 12.0. The van der Waals surface area contributed by atoms with Crippen molar-refractivity contribution in [1.82, 2.24) is 4.90 Å². The van der Waals surface area contributed by atoms with E-state index in [1.807, 2.05) is 0 Å². The Labute approximate surface area is 128 Å². The monoisotopic (exact) mass is 312 g/mol. The number of carbonyl (C=O) groups is 3. The molecule has 1 N–H and O–H groups in total. The number of ketones is 1. The molecule has 1 aromatic heterocycles. The average molecular weight is 312 g/mol. The molecule has 1 heterocycles. The second-order valence-electron chi connectivity index (χ2n) is 4.82. The summed E-state index contributed by atoms with van der Waals surface area (Å²) in [6.45, 7) is 5.24. The lowest BCUT2D eigenvalue weighted by atomic mass is 10.1. The number of thiophene rings is 1. The molecule has 0 fully saturated rings. The number of Topliss-reactive ketones (excluding diaryl/α,β-unsaturated/α-hetero) is 1. The summed E-state index contributed by atoms with van der Waals surface area (Å²) in [7, 11) is 3.54. The first kappa shape index (κ1) is 17.3. The topological polar surface area (TPSA) is 75.7 Å². The Hall–Kier alpha value is -1.73. The lowest BCUT2D eigenvalue weighted by Gasteiger charge is -2.10. The molecule has 0 bridgehead atoms. The third-order valence-corrected chi connectivity index (χ3v) is 3.97. The van der Waals surface area contributed by atoms with E-state index in [-0.39, 0.29) is 30.4 Å². The first-order valence-electron chi connectivity index (χ1n) is 6.53. The number of amides is 1. The van der Waals surface area contributed by atoms with Gasteiger partial charge in [-0.1, -0.05) is 0 Å². The second-order valence-corrected chi connectivity index (χ2v) is 5.84. The molecule has 21 heavy (non-hydrogen) atoms. The normalized spacial score (nSPS) is 10.6. The number of anilines is 1. The van der Waals surface area contributed by atoms with Gasteiger partial charge in [0.05, 0.1) is 23.6 Å². The van der Waals surface area contributed by atoms with Crippen molar-refractivity contribution in [3.05, 3.63) is 16.0 Å². The maximum Gasteiger partial charge on any atom is 0.341 e. The fourth-order valence-corrected chi connectivity index (χ4v) is 2.95. The van der Waals surface area contributed by atoms with Crippen LogP contribution >= 0.6 is 11.3 Å². The van der Waals surface area contributed by atoms with E-state index in [2.05, 4.69) is 5.32 Å². The number of carbonyl (C=O) groups excluding carboxylic acids is 3. The number of hydrogen-bond donors (Lipinski definition) is 1. The summed E-state index contributed by atoms with van der Waals surface area (Å²) in [4.78, 5) is 37.7. The summed E-state index contributed by atoms with van der Waals surface area (Å²) >= 11 is 1.10. The van der Waals surface area contributed by atoms with Gasteiger partial charge in [0.2, 0.25) is 5.91 Å². The third-order valence-electron chi connectivity index (χ3n) is 2.66. The first-order chi connectivity index (χ1) is 9.77. The van der Waals surface area contributed by atoms with Gasteiger partial charge in [0.15, 0.2) is 5.78 Å². The van der Waals surface area contributed by atoms with Crippen LogP contribution in [0.4, 0.5) is 5.00 Å². The van der Waals surface area contributed by atoms with Gasteiger partial charge in [-0.05, 0) is 40.4 Å². The number of esters is 1. The Morgan fingerprint density at radius 2 is 1.90 bits per heavy atom. The Bertz CT molecular complexity index is 564. The van der Waals surface area contributed by atoms with E-state index < -0.39 is 5.97 Å². The minimum Gasteiger partial charge on any atom is -0.462 e. The lowest BCUT2D eigenvalue weighted by molar-refractivity contribution is -0.116. The third kappa shape index (κ3) is 4.37. The van der Waals surface area contributed by atoms with Crippen LogP contribution in [-0.4, -0.2) is 49.8 Å². The van der Waals surface area contributed by atoms with Crippen molar-refractivity contribution in [2.75, 3.05) is 32.6 Å². The molecule has 6 nitrogen and oxygen atoms in total. The molecule has 116 valence electrons. The summed E-state index contributed by atoms with van der Waals surface area (Å²) in [5.41, 5.74) is 0.810. The van der Waals surface area contributed by atoms with Gasteiger partial charge in [-0.2, -0.15) is 0 Å². The highest BCUT2D eigenvalue weighted by Gasteiger charge is 2.25. The number of ether oxygens (including phenoxy) is 1. The average Bonchev–Trinajstić information content (AvgIpc) is 2.65. The Morgan fingerprint density at radius 3 is 2.38 bits per heavy atom. The van der Waals surface area contributed by atoms with Crippen molar-refractivity contribution in [2.45, 2.75) is 20.8 Å². The van der Waals surface area contributed by atoms with Crippen LogP contribution in [0.1, 0.15) is 39.4 Å². The minimum atomic E-state index is -0.529. The molecule has 0 saturated carbocycles. The molecule has 0 unspecified atom stereocenters. The molecule has 0 atom stereocenters. The molecule has 0 spiro atoms. The molecule has 0 radical (unpaired) electrons. The Morgan fingerprint density at radius 1 is 1.29 bits per heavy atom.